The Bertz CT molecular complexity index is 672. The van der Waals surface area contributed by atoms with Crippen LogP contribution < -0.4 is 10.1 Å². The van der Waals surface area contributed by atoms with Gasteiger partial charge in [0.15, 0.2) is 0 Å². The number of pyridine rings is 1. The van der Waals surface area contributed by atoms with Crippen LogP contribution in [0.2, 0.25) is 0 Å². The largest absolute Gasteiger partial charge is 0.497 e. The maximum atomic E-state index is 12.1. The Morgan fingerprint density at radius 1 is 1.21 bits per heavy atom. The number of benzene rings is 1. The molecule has 0 unspecified atom stereocenters. The van der Waals surface area contributed by atoms with Crippen LogP contribution in [-0.4, -0.2) is 35.4 Å². The summed E-state index contributed by atoms with van der Waals surface area (Å²) in [6.07, 6.45) is 3.63. The van der Waals surface area contributed by atoms with E-state index < -0.39 is 0 Å². The molecule has 2 rings (SSSR count). The molecule has 0 fully saturated rings. The van der Waals surface area contributed by atoms with Crippen LogP contribution in [0.3, 0.4) is 0 Å². The van der Waals surface area contributed by atoms with Crippen LogP contribution in [0.25, 0.3) is 0 Å². The number of amides is 2. The number of hydrogen-bond donors (Lipinski definition) is 1. The van der Waals surface area contributed by atoms with Gasteiger partial charge in [0.2, 0.25) is 11.8 Å². The summed E-state index contributed by atoms with van der Waals surface area (Å²) >= 11 is 0. The van der Waals surface area contributed by atoms with Crippen molar-refractivity contribution >= 4 is 17.5 Å². The molecule has 1 aromatic carbocycles. The SMILES string of the molecule is COc1ccc(NC(=O)CCN(Cc2cccnc2)C(C)=O)cc1. The molecule has 0 aliphatic rings. The lowest BCUT2D eigenvalue weighted by Gasteiger charge is -2.20. The summed E-state index contributed by atoms with van der Waals surface area (Å²) in [6, 6.07) is 10.8. The Labute approximate surface area is 141 Å². The fourth-order valence-corrected chi connectivity index (χ4v) is 2.19. The van der Waals surface area contributed by atoms with Gasteiger partial charge >= 0.3 is 0 Å². The van der Waals surface area contributed by atoms with Crippen molar-refractivity contribution in [2.75, 3.05) is 19.0 Å². The minimum atomic E-state index is -0.141. The number of anilines is 1. The number of carbonyl (C=O) groups excluding carboxylic acids is 2. The molecule has 6 heteroatoms. The first-order valence-corrected chi connectivity index (χ1v) is 7.67. The Kier molecular flexibility index (Phi) is 6.31. The normalized spacial score (nSPS) is 10.1. The molecule has 0 saturated heterocycles. The molecule has 6 nitrogen and oxygen atoms in total. The first-order valence-electron chi connectivity index (χ1n) is 7.67. The van der Waals surface area contributed by atoms with E-state index in [-0.39, 0.29) is 18.2 Å². The lowest BCUT2D eigenvalue weighted by molar-refractivity contribution is -0.129. The number of aromatic nitrogens is 1. The van der Waals surface area contributed by atoms with E-state index >= 15 is 0 Å². The van der Waals surface area contributed by atoms with E-state index in [1.54, 1.807) is 48.7 Å². The molecule has 0 atom stereocenters. The Morgan fingerprint density at radius 2 is 1.96 bits per heavy atom. The predicted molar refractivity (Wildman–Crippen MR) is 91.6 cm³/mol. The predicted octanol–water partition coefficient (Wildman–Crippen LogP) is 2.47. The van der Waals surface area contributed by atoms with Crippen LogP contribution in [0.15, 0.2) is 48.8 Å². The van der Waals surface area contributed by atoms with Crippen molar-refractivity contribution in [1.29, 1.82) is 0 Å². The van der Waals surface area contributed by atoms with E-state index in [4.69, 9.17) is 4.74 Å². The van der Waals surface area contributed by atoms with Gasteiger partial charge in [0, 0.05) is 44.5 Å². The van der Waals surface area contributed by atoms with Crippen molar-refractivity contribution in [3.63, 3.8) is 0 Å². The summed E-state index contributed by atoms with van der Waals surface area (Å²) in [6.45, 7) is 2.29. The minimum Gasteiger partial charge on any atom is -0.497 e. The fourth-order valence-electron chi connectivity index (χ4n) is 2.19. The molecule has 2 amide bonds. The smallest absolute Gasteiger partial charge is 0.226 e. The highest BCUT2D eigenvalue weighted by molar-refractivity contribution is 5.91. The maximum absolute atomic E-state index is 12.1. The third-order valence-electron chi connectivity index (χ3n) is 3.52. The van der Waals surface area contributed by atoms with Gasteiger partial charge < -0.3 is 15.0 Å². The first-order chi connectivity index (χ1) is 11.6. The van der Waals surface area contributed by atoms with Crippen LogP contribution in [-0.2, 0) is 16.1 Å². The zero-order chi connectivity index (χ0) is 17.4. The third-order valence-corrected chi connectivity index (χ3v) is 3.52. The molecule has 2 aromatic rings. The molecule has 0 saturated carbocycles. The number of methoxy groups -OCH3 is 1. The van der Waals surface area contributed by atoms with Gasteiger partial charge in [-0.2, -0.15) is 0 Å². The zero-order valence-electron chi connectivity index (χ0n) is 13.9. The number of nitrogens with one attached hydrogen (secondary N) is 1. The van der Waals surface area contributed by atoms with Crippen LogP contribution >= 0.6 is 0 Å². The second-order valence-corrected chi connectivity index (χ2v) is 5.33. The number of rotatable bonds is 7. The van der Waals surface area contributed by atoms with Gasteiger partial charge in [-0.3, -0.25) is 14.6 Å². The first kappa shape index (κ1) is 17.5. The third kappa shape index (κ3) is 5.39. The monoisotopic (exact) mass is 327 g/mol. The quantitative estimate of drug-likeness (QED) is 0.848. The van der Waals surface area contributed by atoms with E-state index in [1.165, 1.54) is 6.92 Å². The van der Waals surface area contributed by atoms with Gasteiger partial charge in [-0.1, -0.05) is 6.07 Å². The highest BCUT2D eigenvalue weighted by atomic mass is 16.5. The molecule has 0 bridgehead atoms. The van der Waals surface area contributed by atoms with E-state index in [0.717, 1.165) is 11.3 Å². The number of carbonyl (C=O) groups is 2. The molecule has 1 aromatic heterocycles. The van der Waals surface area contributed by atoms with E-state index in [0.29, 0.717) is 18.8 Å². The van der Waals surface area contributed by atoms with Crippen molar-refractivity contribution < 1.29 is 14.3 Å². The van der Waals surface area contributed by atoms with E-state index in [1.807, 2.05) is 12.1 Å². The van der Waals surface area contributed by atoms with Crippen molar-refractivity contribution in [2.24, 2.45) is 0 Å². The fraction of sp³-hybridized carbons (Fsp3) is 0.278. The van der Waals surface area contributed by atoms with Crippen molar-refractivity contribution in [3.05, 3.63) is 54.4 Å². The number of nitrogens with zero attached hydrogens (tertiary/aromatic N) is 2. The standard InChI is InChI=1S/C18H21N3O3/c1-14(22)21(13-15-4-3-10-19-12-15)11-9-18(23)20-16-5-7-17(24-2)8-6-16/h3-8,10,12H,9,11,13H2,1-2H3,(H,20,23). The highest BCUT2D eigenvalue weighted by Gasteiger charge is 2.12. The van der Waals surface area contributed by atoms with Gasteiger partial charge in [-0.15, -0.1) is 0 Å². The van der Waals surface area contributed by atoms with Gasteiger partial charge in [0.05, 0.1) is 7.11 Å². The van der Waals surface area contributed by atoms with E-state index in [9.17, 15) is 9.59 Å². The van der Waals surface area contributed by atoms with Crippen molar-refractivity contribution in [2.45, 2.75) is 19.9 Å². The molecule has 0 aliphatic carbocycles. The molecule has 1 heterocycles. The van der Waals surface area contributed by atoms with Crippen LogP contribution in [0.1, 0.15) is 18.9 Å². The summed E-state index contributed by atoms with van der Waals surface area (Å²) in [4.78, 5) is 29.5. The molecule has 24 heavy (non-hydrogen) atoms. The number of ether oxygens (including phenoxy) is 1. The topological polar surface area (TPSA) is 71.5 Å². The van der Waals surface area contributed by atoms with Crippen LogP contribution in [0.5, 0.6) is 5.75 Å². The number of hydrogen-bond acceptors (Lipinski definition) is 4. The maximum Gasteiger partial charge on any atom is 0.226 e. The van der Waals surface area contributed by atoms with Gasteiger partial charge in [0.25, 0.3) is 0 Å². The molecular formula is C18H21N3O3. The van der Waals surface area contributed by atoms with Gasteiger partial charge in [-0.25, -0.2) is 0 Å². The summed E-state index contributed by atoms with van der Waals surface area (Å²) < 4.78 is 5.07. The molecule has 1 N–H and O–H groups in total. The molecule has 0 radical (unpaired) electrons. The zero-order valence-corrected chi connectivity index (χ0v) is 13.9. The highest BCUT2D eigenvalue weighted by Crippen LogP contribution is 2.15. The van der Waals surface area contributed by atoms with Crippen LogP contribution in [0, 0.1) is 0 Å². The average Bonchev–Trinajstić information content (AvgIpc) is 2.60. The molecule has 0 spiro atoms. The van der Waals surface area contributed by atoms with Crippen molar-refractivity contribution in [1.82, 2.24) is 9.88 Å². The minimum absolute atomic E-state index is 0.0731. The van der Waals surface area contributed by atoms with Crippen molar-refractivity contribution in [3.8, 4) is 5.75 Å². The summed E-state index contributed by atoms with van der Waals surface area (Å²) in [5.41, 5.74) is 1.63. The average molecular weight is 327 g/mol. The van der Waals surface area contributed by atoms with Crippen LogP contribution in [0.4, 0.5) is 5.69 Å². The lowest BCUT2D eigenvalue weighted by Crippen LogP contribution is -2.31. The Hall–Kier alpha value is -2.89. The second-order valence-electron chi connectivity index (χ2n) is 5.33. The van der Waals surface area contributed by atoms with Gasteiger partial charge in [0.1, 0.15) is 5.75 Å². The summed E-state index contributed by atoms with van der Waals surface area (Å²) in [7, 11) is 1.59. The molecular weight excluding hydrogens is 306 g/mol. The van der Waals surface area contributed by atoms with Gasteiger partial charge in [-0.05, 0) is 35.9 Å². The lowest BCUT2D eigenvalue weighted by atomic mass is 10.2. The summed E-state index contributed by atoms with van der Waals surface area (Å²) in [5.74, 6) is 0.515. The molecule has 126 valence electrons. The Morgan fingerprint density at radius 3 is 2.54 bits per heavy atom. The second kappa shape index (κ2) is 8.67. The summed E-state index contributed by atoms with van der Waals surface area (Å²) in [5, 5.41) is 2.81. The Balaban J connectivity index is 1.86. The van der Waals surface area contributed by atoms with E-state index in [2.05, 4.69) is 10.3 Å². The molecule has 0 aliphatic heterocycles.